The topological polar surface area (TPSA) is 8.82 Å². The summed E-state index contributed by atoms with van der Waals surface area (Å²) in [4.78, 5) is 0. The molecule has 6 aromatic carbocycles. The van der Waals surface area contributed by atoms with Crippen LogP contribution in [0.25, 0.3) is 87.3 Å². The van der Waals surface area contributed by atoms with Gasteiger partial charge < -0.3 is 8.80 Å². The van der Waals surface area contributed by atoms with E-state index in [0.717, 1.165) is 0 Å². The quantitative estimate of drug-likeness (QED) is 0.197. The van der Waals surface area contributed by atoms with Gasteiger partial charge in [0.05, 0.1) is 33.1 Å². The summed E-state index contributed by atoms with van der Waals surface area (Å²) < 4.78 is 5.05. The van der Waals surface area contributed by atoms with Gasteiger partial charge in [0.1, 0.15) is 0 Å². The minimum absolute atomic E-state index is 0.137. The zero-order valence-corrected chi connectivity index (χ0v) is 23.9. The fourth-order valence-corrected chi connectivity index (χ4v) is 7.87. The highest BCUT2D eigenvalue weighted by Gasteiger charge is 2.28. The smallest absolute Gasteiger partial charge is 0.0634 e. The fourth-order valence-electron chi connectivity index (χ4n) is 7.87. The van der Waals surface area contributed by atoms with Crippen LogP contribution in [0, 0.1) is 0 Å². The van der Waals surface area contributed by atoms with Crippen LogP contribution in [-0.2, 0) is 5.41 Å². The number of para-hydroxylation sites is 3. The summed E-state index contributed by atoms with van der Waals surface area (Å²) >= 11 is 0. The standard InChI is InChI=1S/C40H28N2/c1-40(2,3)25-19-16-23(17-20-25)24-18-21-33-29(22-24)37-36-28-12-6-8-14-31(28)41-30-13-7-4-10-26(30)34(38(36)41)35-27-11-5-9-15-32(27)42(33)39(35)37/h4-22H,1-3H3. The molecule has 10 aromatic rings. The van der Waals surface area contributed by atoms with Gasteiger partial charge in [-0.1, -0.05) is 106 Å². The number of hydrogen-bond donors (Lipinski definition) is 0. The highest BCUT2D eigenvalue weighted by Crippen LogP contribution is 2.51. The van der Waals surface area contributed by atoms with Crippen molar-refractivity contribution in [3.05, 3.63) is 121 Å². The third-order valence-electron chi connectivity index (χ3n) is 9.73. The number of fused-ring (bicyclic) bond motifs is 14. The highest BCUT2D eigenvalue weighted by molar-refractivity contribution is 6.45. The van der Waals surface area contributed by atoms with Crippen molar-refractivity contribution in [2.75, 3.05) is 0 Å². The summed E-state index contributed by atoms with van der Waals surface area (Å²) in [5.74, 6) is 0. The molecule has 0 saturated carbocycles. The molecule has 0 aliphatic rings. The first-order chi connectivity index (χ1) is 20.5. The molecule has 10 rings (SSSR count). The minimum atomic E-state index is 0.137. The molecular formula is C40H28N2. The Morgan fingerprint density at radius 2 is 0.810 bits per heavy atom. The molecule has 2 nitrogen and oxygen atoms in total. The molecule has 0 bridgehead atoms. The predicted octanol–water partition coefficient (Wildman–Crippen LogP) is 11.0. The third-order valence-corrected chi connectivity index (χ3v) is 9.73. The molecule has 0 fully saturated rings. The van der Waals surface area contributed by atoms with Gasteiger partial charge in [0, 0.05) is 43.1 Å². The van der Waals surface area contributed by atoms with E-state index in [1.54, 1.807) is 0 Å². The van der Waals surface area contributed by atoms with Crippen LogP contribution in [0.1, 0.15) is 26.3 Å². The van der Waals surface area contributed by atoms with Gasteiger partial charge in [-0.25, -0.2) is 0 Å². The molecule has 0 aliphatic heterocycles. The Bertz CT molecular complexity index is 2690. The van der Waals surface area contributed by atoms with Crippen LogP contribution < -0.4 is 0 Å². The maximum Gasteiger partial charge on any atom is 0.0634 e. The van der Waals surface area contributed by atoms with Crippen LogP contribution in [0.5, 0.6) is 0 Å². The van der Waals surface area contributed by atoms with E-state index in [4.69, 9.17) is 0 Å². The van der Waals surface area contributed by atoms with Gasteiger partial charge in [0.2, 0.25) is 0 Å². The molecule has 198 valence electrons. The molecule has 42 heavy (non-hydrogen) atoms. The average Bonchev–Trinajstić information content (AvgIpc) is 3.73. The third kappa shape index (κ3) is 2.57. The largest absolute Gasteiger partial charge is 0.308 e. The van der Waals surface area contributed by atoms with Gasteiger partial charge in [-0.15, -0.1) is 0 Å². The molecule has 0 amide bonds. The molecule has 0 aliphatic carbocycles. The van der Waals surface area contributed by atoms with Crippen LogP contribution in [0.15, 0.2) is 115 Å². The SMILES string of the molecule is CC(C)(C)c1ccc(-c2ccc3c(c2)c2c4c5ccccc5n5c6ccccc6c(c6c7ccccc7n3c62)c45)cc1. The van der Waals surface area contributed by atoms with E-state index in [0.29, 0.717) is 0 Å². The van der Waals surface area contributed by atoms with Gasteiger partial charge in [0.15, 0.2) is 0 Å². The van der Waals surface area contributed by atoms with Gasteiger partial charge in [-0.2, -0.15) is 0 Å². The molecule has 0 unspecified atom stereocenters. The highest BCUT2D eigenvalue weighted by atomic mass is 14.9. The second-order valence-electron chi connectivity index (χ2n) is 13.0. The van der Waals surface area contributed by atoms with Crippen molar-refractivity contribution >= 4 is 76.2 Å². The Labute approximate surface area is 242 Å². The Morgan fingerprint density at radius 3 is 1.29 bits per heavy atom. The minimum Gasteiger partial charge on any atom is -0.308 e. The lowest BCUT2D eigenvalue weighted by Crippen LogP contribution is -2.10. The van der Waals surface area contributed by atoms with Crippen molar-refractivity contribution in [3.8, 4) is 11.1 Å². The van der Waals surface area contributed by atoms with E-state index >= 15 is 0 Å². The number of nitrogens with zero attached hydrogens (tertiary/aromatic N) is 2. The van der Waals surface area contributed by atoms with Crippen LogP contribution in [0.4, 0.5) is 0 Å². The van der Waals surface area contributed by atoms with Crippen LogP contribution in [0.3, 0.4) is 0 Å². The first-order valence-corrected chi connectivity index (χ1v) is 14.9. The molecular weight excluding hydrogens is 508 g/mol. The van der Waals surface area contributed by atoms with Crippen molar-refractivity contribution in [2.45, 2.75) is 26.2 Å². The first kappa shape index (κ1) is 22.6. The zero-order valence-electron chi connectivity index (χ0n) is 23.9. The van der Waals surface area contributed by atoms with E-state index in [1.165, 1.54) is 92.9 Å². The van der Waals surface area contributed by atoms with E-state index in [9.17, 15) is 0 Å². The van der Waals surface area contributed by atoms with Gasteiger partial charge >= 0.3 is 0 Å². The molecule has 0 atom stereocenters. The Hall–Kier alpha value is -5.08. The zero-order chi connectivity index (χ0) is 27.9. The lowest BCUT2D eigenvalue weighted by molar-refractivity contribution is 0.590. The van der Waals surface area contributed by atoms with Crippen molar-refractivity contribution < 1.29 is 0 Å². The monoisotopic (exact) mass is 536 g/mol. The second-order valence-corrected chi connectivity index (χ2v) is 13.0. The maximum atomic E-state index is 2.53. The molecule has 0 saturated heterocycles. The molecule has 2 heteroatoms. The van der Waals surface area contributed by atoms with E-state index in [1.807, 2.05) is 0 Å². The summed E-state index contributed by atoms with van der Waals surface area (Å²) in [6, 6.07) is 43.1. The van der Waals surface area contributed by atoms with Crippen LogP contribution >= 0.6 is 0 Å². The van der Waals surface area contributed by atoms with E-state index < -0.39 is 0 Å². The number of rotatable bonds is 1. The van der Waals surface area contributed by atoms with Crippen molar-refractivity contribution in [1.82, 2.24) is 8.80 Å². The number of hydrogen-bond acceptors (Lipinski definition) is 0. The number of benzene rings is 6. The van der Waals surface area contributed by atoms with E-state index in [-0.39, 0.29) is 5.41 Å². The van der Waals surface area contributed by atoms with Crippen LogP contribution in [0.2, 0.25) is 0 Å². The Morgan fingerprint density at radius 1 is 0.405 bits per heavy atom. The molecule has 4 aromatic heterocycles. The van der Waals surface area contributed by atoms with Crippen molar-refractivity contribution in [1.29, 1.82) is 0 Å². The summed E-state index contributed by atoms with van der Waals surface area (Å²) in [6.45, 7) is 6.83. The van der Waals surface area contributed by atoms with Crippen LogP contribution in [-0.4, -0.2) is 8.80 Å². The Balaban J connectivity index is 1.46. The molecule has 0 spiro atoms. The average molecular weight is 537 g/mol. The fraction of sp³-hybridized carbons (Fsp3) is 0.100. The lowest BCUT2D eigenvalue weighted by atomic mass is 9.86. The summed E-state index contributed by atoms with van der Waals surface area (Å²) in [6.07, 6.45) is 0. The molecule has 0 N–H and O–H groups in total. The normalized spacial score (nSPS) is 13.1. The lowest BCUT2D eigenvalue weighted by Gasteiger charge is -2.19. The second kappa shape index (κ2) is 7.40. The van der Waals surface area contributed by atoms with Crippen molar-refractivity contribution in [3.63, 3.8) is 0 Å². The predicted molar refractivity (Wildman–Crippen MR) is 180 cm³/mol. The molecule has 4 heterocycles. The van der Waals surface area contributed by atoms with Gasteiger partial charge in [-0.05, 0) is 52.4 Å². The summed E-state index contributed by atoms with van der Waals surface area (Å²) in [5, 5.41) is 10.8. The van der Waals surface area contributed by atoms with Crippen molar-refractivity contribution in [2.24, 2.45) is 0 Å². The summed E-state index contributed by atoms with van der Waals surface area (Å²) in [5.41, 5.74) is 11.8. The Kier molecular flexibility index (Phi) is 3.98. The van der Waals surface area contributed by atoms with Gasteiger partial charge in [0.25, 0.3) is 0 Å². The summed E-state index contributed by atoms with van der Waals surface area (Å²) in [7, 11) is 0. The first-order valence-electron chi connectivity index (χ1n) is 14.9. The maximum absolute atomic E-state index is 2.53. The van der Waals surface area contributed by atoms with Gasteiger partial charge in [-0.3, -0.25) is 0 Å². The number of aromatic nitrogens is 2. The van der Waals surface area contributed by atoms with E-state index in [2.05, 4.69) is 145 Å². The molecule has 0 radical (unpaired) electrons.